The molecule has 0 aromatic carbocycles. The van der Waals surface area contributed by atoms with E-state index in [2.05, 4.69) is 0 Å². The molecule has 0 saturated heterocycles. The lowest BCUT2D eigenvalue weighted by Gasteiger charge is -2.27. The van der Waals surface area contributed by atoms with E-state index in [1.54, 1.807) is 5.32 Å². The van der Waals surface area contributed by atoms with Gasteiger partial charge in [0.15, 0.2) is 0 Å². The third-order valence-corrected chi connectivity index (χ3v) is 2.97. The maximum absolute atomic E-state index is 12.6. The molecule has 0 aliphatic rings. The van der Waals surface area contributed by atoms with Crippen LogP contribution in [0.25, 0.3) is 0 Å². The molecule has 0 atom stereocenters. The van der Waals surface area contributed by atoms with Crippen molar-refractivity contribution in [3.63, 3.8) is 0 Å². The Kier molecular flexibility index (Phi) is 5.56. The van der Waals surface area contributed by atoms with E-state index in [0.717, 1.165) is 0 Å². The van der Waals surface area contributed by atoms with Crippen LogP contribution in [0.3, 0.4) is 0 Å². The average Bonchev–Trinajstić information content (AvgIpc) is 2.29. The van der Waals surface area contributed by atoms with E-state index in [1.165, 1.54) is 13.8 Å². The molecule has 0 aliphatic heterocycles. The standard InChI is InChI=1S/C10H15F4NO3/c1-3-9(4-2,8(17)18)5-15-7(16)10(13,14)6(11)12/h6H,3-5H2,1-2H3,(H,15,16)(H,17,18). The number of carboxylic acid groups (broad SMARTS) is 1. The van der Waals surface area contributed by atoms with E-state index in [1.807, 2.05) is 0 Å². The number of amides is 1. The Morgan fingerprint density at radius 3 is 1.94 bits per heavy atom. The van der Waals surface area contributed by atoms with E-state index >= 15 is 0 Å². The number of aliphatic carboxylic acids is 1. The van der Waals surface area contributed by atoms with Crippen molar-refractivity contribution in [2.75, 3.05) is 6.54 Å². The number of hydrogen-bond donors (Lipinski definition) is 2. The van der Waals surface area contributed by atoms with E-state index < -0.39 is 36.2 Å². The number of carboxylic acids is 1. The lowest BCUT2D eigenvalue weighted by Crippen LogP contribution is -2.50. The number of carbonyl (C=O) groups excluding carboxylic acids is 1. The van der Waals surface area contributed by atoms with Crippen LogP contribution < -0.4 is 5.32 Å². The molecule has 4 nitrogen and oxygen atoms in total. The Morgan fingerprint density at radius 2 is 1.67 bits per heavy atom. The predicted octanol–water partition coefficient (Wildman–Crippen LogP) is 1.89. The van der Waals surface area contributed by atoms with Crippen molar-refractivity contribution in [2.45, 2.75) is 39.0 Å². The van der Waals surface area contributed by atoms with Crippen LogP contribution in [0.4, 0.5) is 17.6 Å². The third kappa shape index (κ3) is 3.33. The molecule has 0 heterocycles. The molecule has 0 bridgehead atoms. The number of nitrogens with one attached hydrogen (secondary N) is 1. The number of hydrogen-bond acceptors (Lipinski definition) is 2. The highest BCUT2D eigenvalue weighted by Gasteiger charge is 2.49. The zero-order chi connectivity index (χ0) is 14.6. The number of rotatable bonds is 7. The van der Waals surface area contributed by atoms with Gasteiger partial charge in [-0.1, -0.05) is 13.8 Å². The fourth-order valence-electron chi connectivity index (χ4n) is 1.34. The molecule has 2 N–H and O–H groups in total. The van der Waals surface area contributed by atoms with Gasteiger partial charge in [0.2, 0.25) is 0 Å². The average molecular weight is 273 g/mol. The highest BCUT2D eigenvalue weighted by Crippen LogP contribution is 2.27. The Balaban J connectivity index is 4.75. The summed E-state index contributed by atoms with van der Waals surface area (Å²) in [5, 5.41) is 10.5. The second-order valence-electron chi connectivity index (χ2n) is 3.90. The molecule has 0 aliphatic carbocycles. The summed E-state index contributed by atoms with van der Waals surface area (Å²) in [4.78, 5) is 21.9. The van der Waals surface area contributed by atoms with E-state index in [-0.39, 0.29) is 12.8 Å². The summed E-state index contributed by atoms with van der Waals surface area (Å²) in [6.07, 6.45) is -3.96. The van der Waals surface area contributed by atoms with Gasteiger partial charge in [-0.05, 0) is 12.8 Å². The lowest BCUT2D eigenvalue weighted by molar-refractivity contribution is -0.170. The third-order valence-electron chi connectivity index (χ3n) is 2.97. The van der Waals surface area contributed by atoms with Crippen molar-refractivity contribution in [3.8, 4) is 0 Å². The molecule has 18 heavy (non-hydrogen) atoms. The van der Waals surface area contributed by atoms with E-state index in [0.29, 0.717) is 0 Å². The smallest absolute Gasteiger partial charge is 0.383 e. The molecule has 0 aromatic rings. The maximum Gasteiger partial charge on any atom is 0.383 e. The van der Waals surface area contributed by atoms with Gasteiger partial charge < -0.3 is 10.4 Å². The zero-order valence-corrected chi connectivity index (χ0v) is 9.97. The van der Waals surface area contributed by atoms with Gasteiger partial charge in [0.1, 0.15) is 0 Å². The van der Waals surface area contributed by atoms with Crippen LogP contribution in [0.5, 0.6) is 0 Å². The molecule has 1 amide bonds. The summed E-state index contributed by atoms with van der Waals surface area (Å²) in [6, 6.07) is 0. The molecular formula is C10H15F4NO3. The van der Waals surface area contributed by atoms with Crippen LogP contribution in [0.1, 0.15) is 26.7 Å². The molecule has 106 valence electrons. The van der Waals surface area contributed by atoms with Gasteiger partial charge in [-0.15, -0.1) is 0 Å². The minimum atomic E-state index is -4.81. The number of alkyl halides is 4. The van der Waals surface area contributed by atoms with Gasteiger partial charge in [-0.2, -0.15) is 8.78 Å². The van der Waals surface area contributed by atoms with Crippen LogP contribution in [0.15, 0.2) is 0 Å². The van der Waals surface area contributed by atoms with Crippen LogP contribution in [-0.4, -0.2) is 35.9 Å². The molecule has 0 spiro atoms. The van der Waals surface area contributed by atoms with Crippen LogP contribution in [0, 0.1) is 5.41 Å². The second-order valence-corrected chi connectivity index (χ2v) is 3.90. The molecule has 0 radical (unpaired) electrons. The Bertz CT molecular complexity index is 316. The van der Waals surface area contributed by atoms with Crippen molar-refractivity contribution >= 4 is 11.9 Å². The minimum absolute atomic E-state index is 0.0827. The lowest BCUT2D eigenvalue weighted by atomic mass is 9.82. The van der Waals surface area contributed by atoms with E-state index in [4.69, 9.17) is 5.11 Å². The Labute approximate surface area is 101 Å². The van der Waals surface area contributed by atoms with Gasteiger partial charge >= 0.3 is 18.3 Å². The van der Waals surface area contributed by atoms with Crippen LogP contribution in [0.2, 0.25) is 0 Å². The summed E-state index contributed by atoms with van der Waals surface area (Å²) < 4.78 is 49.0. The van der Waals surface area contributed by atoms with Crippen LogP contribution >= 0.6 is 0 Å². The first-order chi connectivity index (χ1) is 8.14. The van der Waals surface area contributed by atoms with Crippen LogP contribution in [-0.2, 0) is 9.59 Å². The normalized spacial score (nSPS) is 12.6. The first-order valence-electron chi connectivity index (χ1n) is 5.31. The molecule has 8 heteroatoms. The van der Waals surface area contributed by atoms with Gasteiger partial charge in [-0.3, -0.25) is 9.59 Å². The SMILES string of the molecule is CCC(CC)(CNC(=O)C(F)(F)C(F)F)C(=O)O. The number of carbonyl (C=O) groups is 2. The summed E-state index contributed by atoms with van der Waals surface area (Å²) in [6.45, 7) is 2.40. The second kappa shape index (κ2) is 6.01. The Morgan fingerprint density at radius 1 is 1.22 bits per heavy atom. The topological polar surface area (TPSA) is 66.4 Å². The van der Waals surface area contributed by atoms with Crippen molar-refractivity contribution in [2.24, 2.45) is 5.41 Å². The summed E-state index contributed by atoms with van der Waals surface area (Å²) in [5.74, 6) is -8.25. The van der Waals surface area contributed by atoms with Crippen molar-refractivity contribution in [1.82, 2.24) is 5.32 Å². The number of halogens is 4. The molecule has 0 fully saturated rings. The first-order valence-corrected chi connectivity index (χ1v) is 5.31. The summed E-state index contributed by atoms with van der Waals surface area (Å²) in [7, 11) is 0. The quantitative estimate of drug-likeness (QED) is 0.696. The predicted molar refractivity (Wildman–Crippen MR) is 54.6 cm³/mol. The highest BCUT2D eigenvalue weighted by atomic mass is 19.3. The van der Waals surface area contributed by atoms with Crippen molar-refractivity contribution in [3.05, 3.63) is 0 Å². The summed E-state index contributed by atoms with van der Waals surface area (Å²) >= 11 is 0. The molecular weight excluding hydrogens is 258 g/mol. The monoisotopic (exact) mass is 273 g/mol. The van der Waals surface area contributed by atoms with Gasteiger partial charge in [0, 0.05) is 6.54 Å². The molecule has 0 rings (SSSR count). The molecule has 0 aromatic heterocycles. The highest BCUT2D eigenvalue weighted by molar-refractivity contribution is 5.84. The fourth-order valence-corrected chi connectivity index (χ4v) is 1.34. The fraction of sp³-hybridized carbons (Fsp3) is 0.800. The Hall–Kier alpha value is -1.34. The van der Waals surface area contributed by atoms with Crippen molar-refractivity contribution in [1.29, 1.82) is 0 Å². The largest absolute Gasteiger partial charge is 0.481 e. The maximum atomic E-state index is 12.6. The van der Waals surface area contributed by atoms with Gasteiger partial charge in [0.05, 0.1) is 5.41 Å². The minimum Gasteiger partial charge on any atom is -0.481 e. The molecule has 0 saturated carbocycles. The van der Waals surface area contributed by atoms with Gasteiger partial charge in [0.25, 0.3) is 5.91 Å². The van der Waals surface area contributed by atoms with Crippen molar-refractivity contribution < 1.29 is 32.3 Å². The first kappa shape index (κ1) is 16.7. The zero-order valence-electron chi connectivity index (χ0n) is 9.97. The molecule has 0 unspecified atom stereocenters. The summed E-state index contributed by atoms with van der Waals surface area (Å²) in [5.41, 5.74) is -1.42. The van der Waals surface area contributed by atoms with E-state index in [9.17, 15) is 27.2 Å². The van der Waals surface area contributed by atoms with Gasteiger partial charge in [-0.25, -0.2) is 8.78 Å².